The fourth-order valence-corrected chi connectivity index (χ4v) is 2.22. The van der Waals surface area contributed by atoms with Crippen LogP contribution in [0.4, 0.5) is 0 Å². The minimum atomic E-state index is -0.331. The number of carbonyl (C=O) groups is 1. The molecule has 1 aromatic heterocycles. The summed E-state index contributed by atoms with van der Waals surface area (Å²) in [5.41, 5.74) is 0.814. The maximum Gasteiger partial charge on any atom is 0.167 e. The Balaban J connectivity index is 1.97. The normalized spacial score (nSPS) is 20.9. The maximum atomic E-state index is 12.2. The van der Waals surface area contributed by atoms with E-state index < -0.39 is 0 Å². The van der Waals surface area contributed by atoms with Crippen LogP contribution in [0, 0.1) is 0 Å². The molecule has 0 saturated carbocycles. The SMILES string of the molecule is CCN1CCOC(C(=O)Cc2ccncc2Cl)C1. The summed E-state index contributed by atoms with van der Waals surface area (Å²) >= 11 is 6.00. The Labute approximate surface area is 112 Å². The molecule has 0 aliphatic carbocycles. The highest BCUT2D eigenvalue weighted by molar-refractivity contribution is 6.31. The minimum Gasteiger partial charge on any atom is -0.368 e. The van der Waals surface area contributed by atoms with Crippen LogP contribution >= 0.6 is 11.6 Å². The van der Waals surface area contributed by atoms with Crippen LogP contribution in [-0.4, -0.2) is 48.0 Å². The Morgan fingerprint density at radius 3 is 3.22 bits per heavy atom. The molecule has 0 N–H and O–H groups in total. The number of hydrogen-bond acceptors (Lipinski definition) is 4. The highest BCUT2D eigenvalue weighted by Gasteiger charge is 2.26. The van der Waals surface area contributed by atoms with Crippen molar-refractivity contribution in [2.45, 2.75) is 19.4 Å². The lowest BCUT2D eigenvalue weighted by atomic mass is 10.1. The summed E-state index contributed by atoms with van der Waals surface area (Å²) in [4.78, 5) is 18.3. The molecule has 5 heteroatoms. The number of morpholine rings is 1. The number of ether oxygens (including phenoxy) is 1. The summed E-state index contributed by atoms with van der Waals surface area (Å²) < 4.78 is 5.53. The van der Waals surface area contributed by atoms with Gasteiger partial charge in [-0.25, -0.2) is 0 Å². The van der Waals surface area contributed by atoms with Gasteiger partial charge in [0.2, 0.25) is 0 Å². The zero-order valence-corrected chi connectivity index (χ0v) is 11.2. The predicted molar refractivity (Wildman–Crippen MR) is 69.8 cm³/mol. The van der Waals surface area contributed by atoms with Crippen LogP contribution in [0.5, 0.6) is 0 Å². The van der Waals surface area contributed by atoms with Crippen molar-refractivity contribution >= 4 is 17.4 Å². The van der Waals surface area contributed by atoms with E-state index in [9.17, 15) is 4.79 Å². The first-order chi connectivity index (χ1) is 8.70. The lowest BCUT2D eigenvalue weighted by Gasteiger charge is -2.31. The van der Waals surface area contributed by atoms with Crippen LogP contribution in [0.2, 0.25) is 5.02 Å². The van der Waals surface area contributed by atoms with Crippen molar-refractivity contribution in [1.82, 2.24) is 9.88 Å². The Morgan fingerprint density at radius 1 is 1.67 bits per heavy atom. The average molecular weight is 269 g/mol. The monoisotopic (exact) mass is 268 g/mol. The van der Waals surface area contributed by atoms with Crippen LogP contribution in [-0.2, 0) is 16.0 Å². The van der Waals surface area contributed by atoms with E-state index in [0.717, 1.165) is 18.7 Å². The van der Waals surface area contributed by atoms with Gasteiger partial charge in [0.25, 0.3) is 0 Å². The first kappa shape index (κ1) is 13.5. The standard InChI is InChI=1S/C13H17ClN2O2/c1-2-16-5-6-18-13(9-16)12(17)7-10-3-4-15-8-11(10)14/h3-4,8,13H,2,5-7,9H2,1H3. The van der Waals surface area contributed by atoms with E-state index in [1.165, 1.54) is 0 Å². The molecule has 0 aromatic carbocycles. The Hall–Kier alpha value is -0.970. The molecule has 0 spiro atoms. The molecule has 18 heavy (non-hydrogen) atoms. The number of likely N-dealkylation sites (N-methyl/N-ethyl adjacent to an activating group) is 1. The van der Waals surface area contributed by atoms with Crippen molar-refractivity contribution < 1.29 is 9.53 Å². The predicted octanol–water partition coefficient (Wildman–Crippen LogP) is 1.57. The van der Waals surface area contributed by atoms with E-state index in [0.29, 0.717) is 24.6 Å². The highest BCUT2D eigenvalue weighted by atomic mass is 35.5. The van der Waals surface area contributed by atoms with Crippen LogP contribution in [0.15, 0.2) is 18.5 Å². The van der Waals surface area contributed by atoms with Crippen molar-refractivity contribution in [1.29, 1.82) is 0 Å². The molecule has 0 amide bonds. The van der Waals surface area contributed by atoms with Gasteiger partial charge in [0.15, 0.2) is 5.78 Å². The number of ketones is 1. The van der Waals surface area contributed by atoms with Gasteiger partial charge in [-0.15, -0.1) is 0 Å². The largest absolute Gasteiger partial charge is 0.368 e. The van der Waals surface area contributed by atoms with Crippen molar-refractivity contribution in [3.05, 3.63) is 29.0 Å². The Morgan fingerprint density at radius 2 is 2.50 bits per heavy atom. The minimum absolute atomic E-state index is 0.0845. The van der Waals surface area contributed by atoms with Crippen LogP contribution in [0.25, 0.3) is 0 Å². The second kappa shape index (κ2) is 6.27. The summed E-state index contributed by atoms with van der Waals surface area (Å²) in [6, 6.07) is 1.78. The molecular formula is C13H17ClN2O2. The zero-order chi connectivity index (χ0) is 13.0. The molecule has 1 saturated heterocycles. The van der Waals surface area contributed by atoms with Crippen LogP contribution < -0.4 is 0 Å². The highest BCUT2D eigenvalue weighted by Crippen LogP contribution is 2.16. The molecule has 98 valence electrons. The molecule has 1 unspecified atom stereocenters. The number of halogens is 1. The molecule has 1 aliphatic heterocycles. The van der Waals surface area contributed by atoms with E-state index in [1.54, 1.807) is 18.5 Å². The fraction of sp³-hybridized carbons (Fsp3) is 0.538. The van der Waals surface area contributed by atoms with Gasteiger partial charge in [-0.05, 0) is 18.2 Å². The number of carbonyl (C=O) groups excluding carboxylic acids is 1. The fourth-order valence-electron chi connectivity index (χ4n) is 2.03. The summed E-state index contributed by atoms with van der Waals surface area (Å²) in [6.45, 7) is 5.23. The van der Waals surface area contributed by atoms with Crippen LogP contribution in [0.1, 0.15) is 12.5 Å². The van der Waals surface area contributed by atoms with Gasteiger partial charge in [-0.2, -0.15) is 0 Å². The summed E-state index contributed by atoms with van der Waals surface area (Å²) in [5, 5.41) is 0.536. The third-order valence-electron chi connectivity index (χ3n) is 3.18. The number of pyridine rings is 1. The summed E-state index contributed by atoms with van der Waals surface area (Å²) in [6.07, 6.45) is 3.19. The molecule has 1 atom stereocenters. The molecule has 1 aliphatic rings. The molecular weight excluding hydrogens is 252 g/mol. The summed E-state index contributed by atoms with van der Waals surface area (Å²) in [7, 11) is 0. The number of hydrogen-bond donors (Lipinski definition) is 0. The average Bonchev–Trinajstić information content (AvgIpc) is 2.41. The molecule has 4 nitrogen and oxygen atoms in total. The maximum absolute atomic E-state index is 12.2. The first-order valence-corrected chi connectivity index (χ1v) is 6.53. The number of Topliss-reactive ketones (excluding diaryl/α,β-unsaturated/α-hetero) is 1. The quantitative estimate of drug-likeness (QED) is 0.831. The first-order valence-electron chi connectivity index (χ1n) is 6.15. The van der Waals surface area contributed by atoms with Gasteiger partial charge in [-0.1, -0.05) is 18.5 Å². The van der Waals surface area contributed by atoms with Crippen molar-refractivity contribution in [3.63, 3.8) is 0 Å². The Bertz CT molecular complexity index is 425. The van der Waals surface area contributed by atoms with E-state index in [-0.39, 0.29) is 11.9 Å². The van der Waals surface area contributed by atoms with Gasteiger partial charge in [0.05, 0.1) is 11.6 Å². The van der Waals surface area contributed by atoms with E-state index in [1.807, 2.05) is 0 Å². The molecule has 1 aromatic rings. The van der Waals surface area contributed by atoms with Gasteiger partial charge >= 0.3 is 0 Å². The molecule has 0 bridgehead atoms. The lowest BCUT2D eigenvalue weighted by Crippen LogP contribution is -2.46. The van der Waals surface area contributed by atoms with E-state index in [2.05, 4.69) is 16.8 Å². The molecule has 1 fully saturated rings. The number of nitrogens with zero attached hydrogens (tertiary/aromatic N) is 2. The molecule has 0 radical (unpaired) electrons. The molecule has 2 heterocycles. The van der Waals surface area contributed by atoms with Crippen LogP contribution in [0.3, 0.4) is 0 Å². The Kier molecular flexibility index (Phi) is 4.69. The topological polar surface area (TPSA) is 42.4 Å². The summed E-state index contributed by atoms with van der Waals surface area (Å²) in [5.74, 6) is 0.0845. The van der Waals surface area contributed by atoms with E-state index >= 15 is 0 Å². The lowest BCUT2D eigenvalue weighted by molar-refractivity contribution is -0.135. The third-order valence-corrected chi connectivity index (χ3v) is 3.52. The van der Waals surface area contributed by atoms with Crippen molar-refractivity contribution in [2.24, 2.45) is 0 Å². The van der Waals surface area contributed by atoms with Gasteiger partial charge in [0.1, 0.15) is 6.10 Å². The van der Waals surface area contributed by atoms with Crippen molar-refractivity contribution in [2.75, 3.05) is 26.2 Å². The molecule has 2 rings (SSSR count). The van der Waals surface area contributed by atoms with Gasteiger partial charge in [0, 0.05) is 31.9 Å². The second-order valence-corrected chi connectivity index (χ2v) is 4.77. The van der Waals surface area contributed by atoms with Gasteiger partial charge in [-0.3, -0.25) is 14.7 Å². The second-order valence-electron chi connectivity index (χ2n) is 4.36. The van der Waals surface area contributed by atoms with Crippen molar-refractivity contribution in [3.8, 4) is 0 Å². The number of aromatic nitrogens is 1. The smallest absolute Gasteiger partial charge is 0.167 e. The zero-order valence-electron chi connectivity index (χ0n) is 10.4. The van der Waals surface area contributed by atoms with E-state index in [4.69, 9.17) is 16.3 Å². The number of rotatable bonds is 4. The third kappa shape index (κ3) is 3.28. The van der Waals surface area contributed by atoms with Gasteiger partial charge < -0.3 is 4.74 Å².